The van der Waals surface area contributed by atoms with E-state index in [0.29, 0.717) is 0 Å². The molecule has 1 aromatic rings. The number of hydrogen-bond acceptors (Lipinski definition) is 7. The van der Waals surface area contributed by atoms with Crippen LogP contribution >= 0.6 is 0 Å². The van der Waals surface area contributed by atoms with Crippen LogP contribution in [0.15, 0.2) is 17.7 Å². The number of fused-ring (bicyclic) bond motifs is 1. The Balaban J connectivity index is 2.74. The van der Waals surface area contributed by atoms with Crippen LogP contribution in [0.4, 0.5) is 0 Å². The maximum atomic E-state index is 12.3. The molecule has 7 heteroatoms. The lowest BCUT2D eigenvalue weighted by atomic mass is 9.87. The van der Waals surface area contributed by atoms with Gasteiger partial charge in [-0.1, -0.05) is 0 Å². The second-order valence-corrected chi connectivity index (χ2v) is 4.46. The predicted octanol–water partition coefficient (Wildman–Crippen LogP) is 1.04. The van der Waals surface area contributed by atoms with Crippen molar-refractivity contribution in [1.29, 1.82) is 0 Å². The molecular weight excluding hydrogens is 292 g/mol. The number of rotatable bonds is 4. The lowest BCUT2D eigenvalue weighted by Crippen LogP contribution is -2.22. The molecule has 0 saturated heterocycles. The Morgan fingerprint density at radius 2 is 1.73 bits per heavy atom. The average Bonchev–Trinajstić information content (AvgIpc) is 2.54. The first-order valence-corrected chi connectivity index (χ1v) is 6.35. The van der Waals surface area contributed by atoms with Crippen molar-refractivity contribution in [3.8, 4) is 17.2 Å². The summed E-state index contributed by atoms with van der Waals surface area (Å²) in [5, 5.41) is 10.4. The number of aliphatic hydroxyl groups excluding tert-OH is 1. The van der Waals surface area contributed by atoms with Gasteiger partial charge in [0.2, 0.25) is 5.75 Å². The van der Waals surface area contributed by atoms with Gasteiger partial charge in [0.1, 0.15) is 6.10 Å². The van der Waals surface area contributed by atoms with Gasteiger partial charge in [-0.2, -0.15) is 0 Å². The van der Waals surface area contributed by atoms with E-state index >= 15 is 0 Å². The maximum absolute atomic E-state index is 12.3. The molecule has 0 aromatic heterocycles. The molecular formula is C15H16O7. The van der Waals surface area contributed by atoms with Crippen molar-refractivity contribution >= 4 is 11.8 Å². The second-order valence-electron chi connectivity index (χ2n) is 4.46. The van der Waals surface area contributed by atoms with Gasteiger partial charge in [-0.25, -0.2) is 4.79 Å². The molecule has 0 spiro atoms. The SMILES string of the molecule is COC(=O)C1=CC(=O)c2cc(OC)c(OC)c(OC)c2C1O. The van der Waals surface area contributed by atoms with Gasteiger partial charge >= 0.3 is 5.97 Å². The molecule has 0 amide bonds. The Bertz CT molecular complexity index is 660. The molecule has 1 unspecified atom stereocenters. The minimum atomic E-state index is -1.37. The number of esters is 1. The third-order valence-corrected chi connectivity index (χ3v) is 3.41. The lowest BCUT2D eigenvalue weighted by molar-refractivity contribution is -0.137. The van der Waals surface area contributed by atoms with Crippen molar-refractivity contribution in [1.82, 2.24) is 0 Å². The van der Waals surface area contributed by atoms with E-state index in [-0.39, 0.29) is 33.9 Å². The van der Waals surface area contributed by atoms with E-state index in [4.69, 9.17) is 14.2 Å². The molecule has 1 atom stereocenters. The number of carbonyl (C=O) groups is 2. The number of carbonyl (C=O) groups excluding carboxylic acids is 2. The van der Waals surface area contributed by atoms with Gasteiger partial charge in [0, 0.05) is 11.1 Å². The zero-order valence-electron chi connectivity index (χ0n) is 12.6. The number of benzene rings is 1. The number of aliphatic hydroxyl groups is 1. The number of methoxy groups -OCH3 is 4. The van der Waals surface area contributed by atoms with E-state index in [1.165, 1.54) is 34.5 Å². The van der Waals surface area contributed by atoms with Crippen molar-refractivity contribution in [2.24, 2.45) is 0 Å². The highest BCUT2D eigenvalue weighted by atomic mass is 16.5. The molecule has 0 saturated carbocycles. The molecule has 1 N–H and O–H groups in total. The van der Waals surface area contributed by atoms with Crippen LogP contribution in [0.1, 0.15) is 22.0 Å². The highest BCUT2D eigenvalue weighted by molar-refractivity contribution is 6.13. The molecule has 0 aliphatic heterocycles. The maximum Gasteiger partial charge on any atom is 0.336 e. The normalized spacial score (nSPS) is 16.5. The van der Waals surface area contributed by atoms with E-state index in [2.05, 4.69) is 4.74 Å². The number of ether oxygens (including phenoxy) is 4. The van der Waals surface area contributed by atoms with Crippen LogP contribution in [0.2, 0.25) is 0 Å². The van der Waals surface area contributed by atoms with E-state index in [9.17, 15) is 14.7 Å². The largest absolute Gasteiger partial charge is 0.493 e. The second kappa shape index (κ2) is 6.07. The Hall–Kier alpha value is -2.54. The fourth-order valence-electron chi connectivity index (χ4n) is 2.40. The summed E-state index contributed by atoms with van der Waals surface area (Å²) in [4.78, 5) is 24.0. The van der Waals surface area contributed by atoms with Crippen molar-refractivity contribution in [2.45, 2.75) is 6.10 Å². The van der Waals surface area contributed by atoms with E-state index in [1.807, 2.05) is 0 Å². The van der Waals surface area contributed by atoms with Gasteiger partial charge in [-0.3, -0.25) is 4.79 Å². The monoisotopic (exact) mass is 308 g/mol. The van der Waals surface area contributed by atoms with Gasteiger partial charge in [0.25, 0.3) is 0 Å². The quantitative estimate of drug-likeness (QED) is 0.831. The van der Waals surface area contributed by atoms with E-state index in [0.717, 1.165) is 6.08 Å². The summed E-state index contributed by atoms with van der Waals surface area (Å²) in [7, 11) is 5.36. The Morgan fingerprint density at radius 1 is 1.09 bits per heavy atom. The average molecular weight is 308 g/mol. The molecule has 118 valence electrons. The summed E-state index contributed by atoms with van der Waals surface area (Å²) in [5.41, 5.74) is 0.160. The van der Waals surface area contributed by atoms with Crippen LogP contribution < -0.4 is 14.2 Å². The molecule has 7 nitrogen and oxygen atoms in total. The smallest absolute Gasteiger partial charge is 0.336 e. The molecule has 0 bridgehead atoms. The Morgan fingerprint density at radius 3 is 2.23 bits per heavy atom. The fourth-order valence-corrected chi connectivity index (χ4v) is 2.40. The molecule has 1 aliphatic rings. The van der Waals surface area contributed by atoms with Crippen LogP contribution in [0.25, 0.3) is 0 Å². The van der Waals surface area contributed by atoms with Gasteiger partial charge in [-0.15, -0.1) is 0 Å². The zero-order valence-corrected chi connectivity index (χ0v) is 12.6. The van der Waals surface area contributed by atoms with Crippen LogP contribution in [-0.4, -0.2) is 45.3 Å². The highest BCUT2D eigenvalue weighted by Gasteiger charge is 2.36. The zero-order chi connectivity index (χ0) is 16.4. The summed E-state index contributed by atoms with van der Waals surface area (Å²) in [6.45, 7) is 0. The van der Waals surface area contributed by atoms with Crippen molar-refractivity contribution in [3.05, 3.63) is 28.8 Å². The summed E-state index contributed by atoms with van der Waals surface area (Å²) in [5.74, 6) is -0.606. The Labute approximate surface area is 127 Å². The van der Waals surface area contributed by atoms with Crippen LogP contribution in [-0.2, 0) is 9.53 Å². The topological polar surface area (TPSA) is 91.3 Å². The van der Waals surface area contributed by atoms with Gasteiger partial charge in [0.15, 0.2) is 17.3 Å². The Kier molecular flexibility index (Phi) is 4.37. The molecule has 0 fully saturated rings. The predicted molar refractivity (Wildman–Crippen MR) is 75.5 cm³/mol. The molecule has 1 aliphatic carbocycles. The molecule has 0 heterocycles. The van der Waals surface area contributed by atoms with E-state index < -0.39 is 17.9 Å². The van der Waals surface area contributed by atoms with E-state index in [1.54, 1.807) is 0 Å². The summed E-state index contributed by atoms with van der Waals surface area (Å²) < 4.78 is 20.2. The van der Waals surface area contributed by atoms with Crippen LogP contribution in [0, 0.1) is 0 Å². The summed E-state index contributed by atoms with van der Waals surface area (Å²) >= 11 is 0. The number of hydrogen-bond donors (Lipinski definition) is 1. The van der Waals surface area contributed by atoms with Crippen molar-refractivity contribution < 1.29 is 33.6 Å². The number of ketones is 1. The minimum Gasteiger partial charge on any atom is -0.493 e. The van der Waals surface area contributed by atoms with Gasteiger partial charge in [0.05, 0.1) is 34.0 Å². The number of allylic oxidation sites excluding steroid dienone is 1. The first-order chi connectivity index (χ1) is 10.5. The standard InChI is InChI=1S/C15H16O7/c1-19-10-6-7-9(16)5-8(15(18)22-4)12(17)11(7)14(21-3)13(10)20-2/h5-6,12,17H,1-4H3. The first kappa shape index (κ1) is 15.8. The minimum absolute atomic E-state index is 0.132. The molecule has 0 radical (unpaired) electrons. The summed E-state index contributed by atoms with van der Waals surface area (Å²) in [6, 6.07) is 1.44. The molecule has 1 aromatic carbocycles. The third-order valence-electron chi connectivity index (χ3n) is 3.41. The summed E-state index contributed by atoms with van der Waals surface area (Å²) in [6.07, 6.45) is -0.320. The van der Waals surface area contributed by atoms with Crippen LogP contribution in [0.3, 0.4) is 0 Å². The third kappa shape index (κ3) is 2.29. The first-order valence-electron chi connectivity index (χ1n) is 6.35. The fraction of sp³-hybridized carbons (Fsp3) is 0.333. The van der Waals surface area contributed by atoms with Crippen LogP contribution in [0.5, 0.6) is 17.2 Å². The molecule has 22 heavy (non-hydrogen) atoms. The highest BCUT2D eigenvalue weighted by Crippen LogP contribution is 2.47. The van der Waals surface area contributed by atoms with Gasteiger partial charge in [-0.05, 0) is 12.1 Å². The lowest BCUT2D eigenvalue weighted by Gasteiger charge is -2.25. The molecule has 2 rings (SSSR count). The van der Waals surface area contributed by atoms with Gasteiger partial charge < -0.3 is 24.1 Å². The van der Waals surface area contributed by atoms with Crippen molar-refractivity contribution in [2.75, 3.05) is 28.4 Å². The van der Waals surface area contributed by atoms with Crippen molar-refractivity contribution in [3.63, 3.8) is 0 Å².